The number of carbonyl (C=O) groups is 1. The highest BCUT2D eigenvalue weighted by molar-refractivity contribution is 5.66. The fourth-order valence-electron chi connectivity index (χ4n) is 4.32. The van der Waals surface area contributed by atoms with Crippen LogP contribution in [0.2, 0.25) is 0 Å². The van der Waals surface area contributed by atoms with Gasteiger partial charge in [0.2, 0.25) is 0 Å². The van der Waals surface area contributed by atoms with Crippen molar-refractivity contribution in [2.45, 2.75) is 76.8 Å². The molecule has 170 valence electrons. The standard InChI is InChI=1S/C17H27N9O5/c1-7-8(2)14(23-26-20)17(30-13(7)6-27)31-16-9(3)15(29-10(4)28)11(21-24-18)5-12(16)22-25-19/h7-9,11-17,27H,5-6H2,1-4H3/t7-,8-,9+,11+,12?,13?,14?,15?,16-,17+/m0/s1. The molecule has 14 heteroatoms. The molecule has 0 bridgehead atoms. The summed E-state index contributed by atoms with van der Waals surface area (Å²) in [5.41, 5.74) is 26.9. The van der Waals surface area contributed by atoms with Crippen molar-refractivity contribution in [3.63, 3.8) is 0 Å². The molecule has 1 saturated carbocycles. The number of ether oxygens (including phenoxy) is 3. The number of carbonyl (C=O) groups excluding carboxylic acids is 1. The second-order valence-electron chi connectivity index (χ2n) is 7.95. The third kappa shape index (κ3) is 5.50. The molecular formula is C17H27N9O5. The molecule has 1 N–H and O–H groups in total. The Morgan fingerprint density at radius 3 is 2.10 bits per heavy atom. The maximum Gasteiger partial charge on any atom is 0.302 e. The van der Waals surface area contributed by atoms with E-state index < -0.39 is 54.6 Å². The van der Waals surface area contributed by atoms with Crippen LogP contribution in [0.5, 0.6) is 0 Å². The molecule has 2 aliphatic rings. The smallest absolute Gasteiger partial charge is 0.302 e. The van der Waals surface area contributed by atoms with Gasteiger partial charge >= 0.3 is 5.97 Å². The number of rotatable bonds is 7. The van der Waals surface area contributed by atoms with E-state index in [-0.39, 0.29) is 24.9 Å². The quantitative estimate of drug-likeness (QED) is 0.274. The lowest BCUT2D eigenvalue weighted by atomic mass is 9.78. The number of hydrogen-bond donors (Lipinski definition) is 1. The Kier molecular flexibility index (Phi) is 8.76. The van der Waals surface area contributed by atoms with Gasteiger partial charge in [0.15, 0.2) is 6.29 Å². The van der Waals surface area contributed by atoms with Gasteiger partial charge < -0.3 is 19.3 Å². The monoisotopic (exact) mass is 437 g/mol. The summed E-state index contributed by atoms with van der Waals surface area (Å²) in [6, 6.07) is -2.19. The van der Waals surface area contributed by atoms with Crippen LogP contribution in [0, 0.1) is 17.8 Å². The molecule has 0 amide bonds. The van der Waals surface area contributed by atoms with Crippen molar-refractivity contribution in [3.8, 4) is 0 Å². The molecule has 1 saturated heterocycles. The van der Waals surface area contributed by atoms with Crippen LogP contribution in [0.25, 0.3) is 31.3 Å². The van der Waals surface area contributed by atoms with Gasteiger partial charge in [0.1, 0.15) is 6.10 Å². The summed E-state index contributed by atoms with van der Waals surface area (Å²) in [6.07, 6.45) is -3.06. The first-order valence-electron chi connectivity index (χ1n) is 10.0. The Labute approximate surface area is 178 Å². The van der Waals surface area contributed by atoms with Crippen LogP contribution in [0.1, 0.15) is 34.1 Å². The van der Waals surface area contributed by atoms with E-state index in [0.29, 0.717) is 0 Å². The largest absolute Gasteiger partial charge is 0.462 e. The van der Waals surface area contributed by atoms with E-state index in [4.69, 9.17) is 30.8 Å². The maximum atomic E-state index is 11.6. The highest BCUT2D eigenvalue weighted by Gasteiger charge is 2.48. The van der Waals surface area contributed by atoms with Gasteiger partial charge in [-0.05, 0) is 34.9 Å². The first-order valence-corrected chi connectivity index (χ1v) is 10.0. The maximum absolute atomic E-state index is 11.6. The van der Waals surface area contributed by atoms with Gasteiger partial charge in [-0.2, -0.15) is 0 Å². The number of nitrogens with zero attached hydrogens (tertiary/aromatic N) is 9. The minimum absolute atomic E-state index is 0.0926. The first kappa shape index (κ1) is 24.5. The van der Waals surface area contributed by atoms with E-state index in [9.17, 15) is 9.90 Å². The van der Waals surface area contributed by atoms with Crippen LogP contribution in [-0.2, 0) is 19.0 Å². The van der Waals surface area contributed by atoms with E-state index in [0.717, 1.165) is 0 Å². The third-order valence-electron chi connectivity index (χ3n) is 6.18. The second-order valence-corrected chi connectivity index (χ2v) is 7.95. The molecule has 0 aromatic rings. The van der Waals surface area contributed by atoms with Crippen LogP contribution in [0.3, 0.4) is 0 Å². The lowest BCUT2D eigenvalue weighted by Gasteiger charge is -2.47. The zero-order valence-electron chi connectivity index (χ0n) is 17.8. The zero-order chi connectivity index (χ0) is 23.1. The summed E-state index contributed by atoms with van der Waals surface area (Å²) in [4.78, 5) is 20.2. The number of hydrogen-bond acceptors (Lipinski definition) is 8. The molecule has 31 heavy (non-hydrogen) atoms. The molecule has 4 unspecified atom stereocenters. The average Bonchev–Trinajstić information content (AvgIpc) is 2.72. The van der Waals surface area contributed by atoms with E-state index >= 15 is 0 Å². The molecule has 2 rings (SSSR count). The van der Waals surface area contributed by atoms with Crippen molar-refractivity contribution in [3.05, 3.63) is 31.3 Å². The van der Waals surface area contributed by atoms with Crippen molar-refractivity contribution in [1.82, 2.24) is 0 Å². The van der Waals surface area contributed by atoms with Crippen molar-refractivity contribution >= 4 is 5.97 Å². The first-order chi connectivity index (χ1) is 14.8. The van der Waals surface area contributed by atoms with Gasteiger partial charge in [-0.3, -0.25) is 4.79 Å². The van der Waals surface area contributed by atoms with Gasteiger partial charge in [-0.1, -0.05) is 36.1 Å². The molecule has 0 aromatic carbocycles. The molecule has 1 aliphatic carbocycles. The van der Waals surface area contributed by atoms with Crippen LogP contribution in [-0.4, -0.2) is 60.4 Å². The van der Waals surface area contributed by atoms with Crippen LogP contribution in [0.15, 0.2) is 15.3 Å². The van der Waals surface area contributed by atoms with E-state index in [1.54, 1.807) is 6.92 Å². The Hall–Kier alpha value is -2.72. The second kappa shape index (κ2) is 11.1. The van der Waals surface area contributed by atoms with E-state index in [2.05, 4.69) is 30.1 Å². The van der Waals surface area contributed by atoms with Gasteiger partial charge in [0.25, 0.3) is 0 Å². The molecule has 10 atom stereocenters. The normalized spacial score (nSPS) is 39.9. The van der Waals surface area contributed by atoms with Crippen LogP contribution < -0.4 is 0 Å². The van der Waals surface area contributed by atoms with Crippen molar-refractivity contribution in [2.24, 2.45) is 33.1 Å². The summed E-state index contributed by atoms with van der Waals surface area (Å²) in [5, 5.41) is 21.0. The zero-order valence-corrected chi connectivity index (χ0v) is 17.8. The molecule has 2 fully saturated rings. The number of esters is 1. The van der Waals surface area contributed by atoms with Gasteiger partial charge in [0, 0.05) is 27.6 Å². The topological polar surface area (TPSA) is 211 Å². The number of aliphatic hydroxyl groups is 1. The van der Waals surface area contributed by atoms with Crippen molar-refractivity contribution in [2.75, 3.05) is 6.61 Å². The summed E-state index contributed by atoms with van der Waals surface area (Å²) >= 11 is 0. The van der Waals surface area contributed by atoms with Gasteiger partial charge in [-0.25, -0.2) is 0 Å². The molecule has 0 aromatic heterocycles. The van der Waals surface area contributed by atoms with Crippen LogP contribution in [0.4, 0.5) is 0 Å². The molecule has 0 spiro atoms. The minimum atomic E-state index is -1.02. The van der Waals surface area contributed by atoms with Gasteiger partial charge in [-0.15, -0.1) is 0 Å². The predicted molar refractivity (Wildman–Crippen MR) is 107 cm³/mol. The summed E-state index contributed by atoms with van der Waals surface area (Å²) in [6.45, 7) is 6.47. The Morgan fingerprint density at radius 2 is 1.58 bits per heavy atom. The molecule has 0 radical (unpaired) electrons. The van der Waals surface area contributed by atoms with E-state index in [1.807, 2.05) is 13.8 Å². The van der Waals surface area contributed by atoms with Crippen LogP contribution >= 0.6 is 0 Å². The summed E-state index contributed by atoms with van der Waals surface area (Å²) in [5.74, 6) is -1.36. The summed E-state index contributed by atoms with van der Waals surface area (Å²) in [7, 11) is 0. The SMILES string of the molecule is CC(=O)OC1[C@@H](C)[C@H](O[C@H]2OC(CO)[C@@H](C)[C@H](C)C2N=[N+]=[N-])C(N=[N+]=[N-])C[C@H]1N=[N+]=[N-]. The van der Waals surface area contributed by atoms with Crippen molar-refractivity contribution < 1.29 is 24.1 Å². The molecule has 1 heterocycles. The van der Waals surface area contributed by atoms with E-state index in [1.165, 1.54) is 6.92 Å². The molecule has 14 nitrogen and oxygen atoms in total. The molecule has 1 aliphatic heterocycles. The third-order valence-corrected chi connectivity index (χ3v) is 6.18. The fraction of sp³-hybridized carbons (Fsp3) is 0.941. The van der Waals surface area contributed by atoms with Gasteiger partial charge in [0.05, 0.1) is 36.9 Å². The lowest BCUT2D eigenvalue weighted by molar-refractivity contribution is -0.268. The summed E-state index contributed by atoms with van der Waals surface area (Å²) < 4.78 is 17.5. The Morgan fingerprint density at radius 1 is 1.00 bits per heavy atom. The Bertz CT molecular complexity index is 793. The minimum Gasteiger partial charge on any atom is -0.462 e. The highest BCUT2D eigenvalue weighted by Crippen LogP contribution is 2.39. The fourth-order valence-corrected chi connectivity index (χ4v) is 4.32. The average molecular weight is 437 g/mol. The number of azide groups is 3. The lowest BCUT2D eigenvalue weighted by Crippen LogP contribution is -2.57. The molecular weight excluding hydrogens is 410 g/mol. The predicted octanol–water partition coefficient (Wildman–Crippen LogP) is 3.37. The number of aliphatic hydroxyl groups excluding tert-OH is 1. The highest BCUT2D eigenvalue weighted by atomic mass is 16.7. The Balaban J connectivity index is 2.39. The van der Waals surface area contributed by atoms with Crippen molar-refractivity contribution in [1.29, 1.82) is 0 Å².